The van der Waals surface area contributed by atoms with Gasteiger partial charge in [0.15, 0.2) is 0 Å². The number of fused-ring (bicyclic) bond motifs is 1. The van der Waals surface area contributed by atoms with Crippen LogP contribution >= 0.6 is 11.6 Å². The monoisotopic (exact) mass is 392 g/mol. The van der Waals surface area contributed by atoms with Gasteiger partial charge in [-0.05, 0) is 48.2 Å². The van der Waals surface area contributed by atoms with Crippen LogP contribution < -0.4 is 0 Å². The molecule has 4 aromatic rings. The van der Waals surface area contributed by atoms with Gasteiger partial charge in [0.05, 0.1) is 11.6 Å². The summed E-state index contributed by atoms with van der Waals surface area (Å²) in [6.07, 6.45) is 9.50. The van der Waals surface area contributed by atoms with Crippen molar-refractivity contribution in [1.29, 1.82) is 0 Å². The highest BCUT2D eigenvalue weighted by Crippen LogP contribution is 2.32. The topological polar surface area (TPSA) is 61.4 Å². The average Bonchev–Trinajstić information content (AvgIpc) is 3.40. The molecular weight excluding hydrogens is 372 g/mol. The summed E-state index contributed by atoms with van der Waals surface area (Å²) in [4.78, 5) is 4.15. The zero-order valence-electron chi connectivity index (χ0n) is 15.4. The number of halogens is 1. The summed E-state index contributed by atoms with van der Waals surface area (Å²) in [6.45, 7) is 0. The molecule has 7 heteroatoms. The molecule has 1 fully saturated rings. The molecule has 1 aliphatic rings. The Hall–Kier alpha value is -2.73. The molecule has 0 N–H and O–H groups in total. The molecule has 0 saturated heterocycles. The largest absolute Gasteiger partial charge is 0.242 e. The molecule has 1 aliphatic carbocycles. The number of benzene rings is 2. The van der Waals surface area contributed by atoms with Crippen LogP contribution in [-0.4, -0.2) is 29.8 Å². The Labute approximate surface area is 168 Å². The number of rotatable bonds is 4. The van der Waals surface area contributed by atoms with E-state index in [1.165, 1.54) is 32.1 Å². The average molecular weight is 393 g/mol. The summed E-state index contributed by atoms with van der Waals surface area (Å²) >= 11 is 6.10. The molecule has 0 radical (unpaired) electrons. The fraction of sp³-hybridized carbons (Fsp3) is 0.333. The second-order valence-corrected chi connectivity index (χ2v) is 7.84. The lowest BCUT2D eigenvalue weighted by Crippen LogP contribution is -2.15. The summed E-state index contributed by atoms with van der Waals surface area (Å²) in [7, 11) is 0. The van der Waals surface area contributed by atoms with Crippen LogP contribution in [0.4, 0.5) is 0 Å². The molecule has 0 unspecified atom stereocenters. The second-order valence-electron chi connectivity index (χ2n) is 7.40. The van der Waals surface area contributed by atoms with Gasteiger partial charge in [-0.15, -0.1) is 5.10 Å². The van der Waals surface area contributed by atoms with Crippen molar-refractivity contribution < 1.29 is 0 Å². The van der Waals surface area contributed by atoms with Gasteiger partial charge in [0.2, 0.25) is 0 Å². The summed E-state index contributed by atoms with van der Waals surface area (Å²) in [5.74, 6) is 0. The van der Waals surface area contributed by atoms with E-state index < -0.39 is 0 Å². The minimum absolute atomic E-state index is 0.0844. The lowest BCUT2D eigenvalue weighted by molar-refractivity contribution is 0.331. The summed E-state index contributed by atoms with van der Waals surface area (Å²) in [5, 5.41) is 14.0. The molecule has 28 heavy (non-hydrogen) atoms. The predicted octanol–water partition coefficient (Wildman–Crippen LogP) is 4.82. The minimum Gasteiger partial charge on any atom is -0.242 e. The van der Waals surface area contributed by atoms with Gasteiger partial charge in [0.1, 0.15) is 24.2 Å². The third-order valence-electron chi connectivity index (χ3n) is 5.62. The lowest BCUT2D eigenvalue weighted by atomic mass is 9.95. The fourth-order valence-electron chi connectivity index (χ4n) is 4.21. The molecule has 2 heterocycles. The van der Waals surface area contributed by atoms with E-state index >= 15 is 0 Å². The maximum atomic E-state index is 6.10. The quantitative estimate of drug-likeness (QED) is 0.499. The molecule has 1 atom stereocenters. The Morgan fingerprint density at radius 2 is 1.75 bits per heavy atom. The molecule has 2 aromatic heterocycles. The van der Waals surface area contributed by atoms with Crippen molar-refractivity contribution in [2.24, 2.45) is 0 Å². The molecule has 142 valence electrons. The van der Waals surface area contributed by atoms with Crippen molar-refractivity contribution in [1.82, 2.24) is 29.8 Å². The van der Waals surface area contributed by atoms with Crippen molar-refractivity contribution in [3.8, 4) is 0 Å². The van der Waals surface area contributed by atoms with E-state index in [9.17, 15) is 0 Å². The number of hydrogen-bond acceptors (Lipinski definition) is 4. The molecule has 0 spiro atoms. The van der Waals surface area contributed by atoms with Crippen molar-refractivity contribution in [3.63, 3.8) is 0 Å². The van der Waals surface area contributed by atoms with Gasteiger partial charge >= 0.3 is 0 Å². The van der Waals surface area contributed by atoms with Crippen molar-refractivity contribution in [3.05, 3.63) is 71.3 Å². The SMILES string of the molecule is Clc1ccc([C@H](c2ccc3nnn(C4CCCCC4)c3c2)n2cncn2)cc1. The van der Waals surface area contributed by atoms with Gasteiger partial charge < -0.3 is 0 Å². The van der Waals surface area contributed by atoms with Crippen LogP contribution in [-0.2, 0) is 0 Å². The van der Waals surface area contributed by atoms with E-state index in [2.05, 4.69) is 43.3 Å². The molecule has 0 amide bonds. The number of hydrogen-bond donors (Lipinski definition) is 0. The van der Waals surface area contributed by atoms with E-state index in [-0.39, 0.29) is 6.04 Å². The van der Waals surface area contributed by atoms with Crippen molar-refractivity contribution in [2.45, 2.75) is 44.2 Å². The van der Waals surface area contributed by atoms with Crippen LogP contribution in [0.5, 0.6) is 0 Å². The first-order chi connectivity index (χ1) is 13.8. The number of aromatic nitrogens is 6. The predicted molar refractivity (Wildman–Crippen MR) is 108 cm³/mol. The van der Waals surface area contributed by atoms with Crippen LogP contribution in [0.1, 0.15) is 55.3 Å². The molecule has 1 saturated carbocycles. The highest BCUT2D eigenvalue weighted by molar-refractivity contribution is 6.30. The van der Waals surface area contributed by atoms with Gasteiger partial charge in [0, 0.05) is 5.02 Å². The summed E-state index contributed by atoms with van der Waals surface area (Å²) in [5.41, 5.74) is 4.25. The molecule has 2 aromatic carbocycles. The summed E-state index contributed by atoms with van der Waals surface area (Å²) in [6, 6.07) is 14.6. The van der Waals surface area contributed by atoms with Crippen LogP contribution in [0.25, 0.3) is 11.0 Å². The zero-order chi connectivity index (χ0) is 18.9. The zero-order valence-corrected chi connectivity index (χ0v) is 16.2. The van der Waals surface area contributed by atoms with Gasteiger partial charge in [-0.1, -0.05) is 54.3 Å². The lowest BCUT2D eigenvalue weighted by Gasteiger charge is -2.22. The fourth-order valence-corrected chi connectivity index (χ4v) is 4.34. The van der Waals surface area contributed by atoms with Gasteiger partial charge in [-0.3, -0.25) is 0 Å². The third kappa shape index (κ3) is 3.18. The van der Waals surface area contributed by atoms with E-state index in [4.69, 9.17) is 11.6 Å². The second kappa shape index (κ2) is 7.36. The Morgan fingerprint density at radius 3 is 2.50 bits per heavy atom. The first-order valence-electron chi connectivity index (χ1n) is 9.74. The molecular formula is C21H21ClN6. The van der Waals surface area contributed by atoms with E-state index in [1.54, 1.807) is 12.7 Å². The molecule has 6 nitrogen and oxygen atoms in total. The molecule has 0 aliphatic heterocycles. The van der Waals surface area contributed by atoms with Gasteiger partial charge in [-0.25, -0.2) is 14.3 Å². The number of nitrogens with zero attached hydrogens (tertiary/aromatic N) is 6. The van der Waals surface area contributed by atoms with Gasteiger partial charge in [-0.2, -0.15) is 5.10 Å². The first kappa shape index (κ1) is 17.4. The van der Waals surface area contributed by atoms with Crippen LogP contribution in [0.2, 0.25) is 5.02 Å². The van der Waals surface area contributed by atoms with E-state index in [1.807, 2.05) is 28.9 Å². The Balaban J connectivity index is 1.61. The highest BCUT2D eigenvalue weighted by Gasteiger charge is 2.22. The smallest absolute Gasteiger partial charge is 0.137 e. The Morgan fingerprint density at radius 1 is 0.964 bits per heavy atom. The van der Waals surface area contributed by atoms with E-state index in [0.29, 0.717) is 6.04 Å². The third-order valence-corrected chi connectivity index (χ3v) is 5.87. The normalized spacial score (nSPS) is 16.5. The van der Waals surface area contributed by atoms with Crippen LogP contribution in [0.3, 0.4) is 0 Å². The molecule has 5 rings (SSSR count). The Kier molecular flexibility index (Phi) is 4.56. The van der Waals surface area contributed by atoms with Crippen LogP contribution in [0.15, 0.2) is 55.1 Å². The first-order valence-corrected chi connectivity index (χ1v) is 10.1. The molecule has 0 bridgehead atoms. The van der Waals surface area contributed by atoms with Crippen molar-refractivity contribution in [2.75, 3.05) is 0 Å². The standard InChI is InChI=1S/C21H21ClN6/c22-17-9-6-15(7-10-17)21(27-14-23-13-24-27)16-8-11-19-20(12-16)28(26-25-19)18-4-2-1-3-5-18/h6-14,18,21H,1-5H2/t21-/m1/s1. The van der Waals surface area contributed by atoms with Crippen LogP contribution in [0, 0.1) is 0 Å². The minimum atomic E-state index is -0.0844. The maximum absolute atomic E-state index is 6.10. The van der Waals surface area contributed by atoms with Gasteiger partial charge in [0.25, 0.3) is 0 Å². The van der Waals surface area contributed by atoms with E-state index in [0.717, 1.165) is 27.2 Å². The maximum Gasteiger partial charge on any atom is 0.137 e. The van der Waals surface area contributed by atoms with Crippen molar-refractivity contribution >= 4 is 22.6 Å². The summed E-state index contributed by atoms with van der Waals surface area (Å²) < 4.78 is 4.00. The Bertz CT molecular complexity index is 1060. The highest BCUT2D eigenvalue weighted by atomic mass is 35.5.